The van der Waals surface area contributed by atoms with Crippen LogP contribution in [0.3, 0.4) is 0 Å². The van der Waals surface area contributed by atoms with Crippen molar-refractivity contribution in [2.45, 2.75) is 45.3 Å². The van der Waals surface area contributed by atoms with Crippen molar-refractivity contribution in [3.05, 3.63) is 35.4 Å². The van der Waals surface area contributed by atoms with Crippen molar-refractivity contribution in [2.24, 2.45) is 5.92 Å². The summed E-state index contributed by atoms with van der Waals surface area (Å²) in [7, 11) is 0. The van der Waals surface area contributed by atoms with E-state index in [9.17, 15) is 9.90 Å². The van der Waals surface area contributed by atoms with E-state index in [0.717, 1.165) is 24.0 Å². The highest BCUT2D eigenvalue weighted by molar-refractivity contribution is 5.79. The zero-order chi connectivity index (χ0) is 13.1. The number of aliphatic hydroxyl groups is 1. The van der Waals surface area contributed by atoms with E-state index in [1.165, 1.54) is 0 Å². The molecule has 1 amide bonds. The van der Waals surface area contributed by atoms with Crippen molar-refractivity contribution in [3.63, 3.8) is 0 Å². The molecule has 98 valence electrons. The maximum Gasteiger partial charge on any atom is 0.223 e. The van der Waals surface area contributed by atoms with Crippen LogP contribution >= 0.6 is 0 Å². The van der Waals surface area contributed by atoms with E-state index in [4.69, 9.17) is 0 Å². The summed E-state index contributed by atoms with van der Waals surface area (Å²) in [6.07, 6.45) is 2.01. The fourth-order valence-electron chi connectivity index (χ4n) is 2.61. The lowest BCUT2D eigenvalue weighted by molar-refractivity contribution is -0.126. The predicted octanol–water partition coefficient (Wildman–Crippen LogP) is 2.20. The van der Waals surface area contributed by atoms with Gasteiger partial charge in [0.1, 0.15) is 0 Å². The van der Waals surface area contributed by atoms with Gasteiger partial charge >= 0.3 is 0 Å². The molecule has 3 heteroatoms. The second-order valence-corrected chi connectivity index (χ2v) is 5.15. The van der Waals surface area contributed by atoms with E-state index in [2.05, 4.69) is 12.2 Å². The number of hydrogen-bond donors (Lipinski definition) is 2. The molecule has 0 spiro atoms. The Kier molecular flexibility index (Phi) is 4.02. The number of amides is 1. The number of hydrogen-bond acceptors (Lipinski definition) is 2. The van der Waals surface area contributed by atoms with E-state index < -0.39 is 6.10 Å². The predicted molar refractivity (Wildman–Crippen MR) is 71.1 cm³/mol. The van der Waals surface area contributed by atoms with Crippen LogP contribution in [-0.2, 0) is 11.2 Å². The number of aliphatic hydroxyl groups excluding tert-OH is 1. The fourth-order valence-corrected chi connectivity index (χ4v) is 2.61. The third-order valence-corrected chi connectivity index (χ3v) is 3.67. The van der Waals surface area contributed by atoms with Crippen LogP contribution in [-0.4, -0.2) is 17.1 Å². The zero-order valence-electron chi connectivity index (χ0n) is 11.0. The Hall–Kier alpha value is -1.35. The van der Waals surface area contributed by atoms with Crippen molar-refractivity contribution in [1.29, 1.82) is 0 Å². The molecule has 1 aliphatic rings. The van der Waals surface area contributed by atoms with E-state index in [0.29, 0.717) is 6.42 Å². The number of carbonyl (C=O) groups is 1. The second kappa shape index (κ2) is 5.53. The second-order valence-electron chi connectivity index (χ2n) is 5.15. The number of benzene rings is 1. The Morgan fingerprint density at radius 3 is 2.94 bits per heavy atom. The molecule has 2 N–H and O–H groups in total. The van der Waals surface area contributed by atoms with Crippen molar-refractivity contribution in [3.8, 4) is 0 Å². The van der Waals surface area contributed by atoms with Gasteiger partial charge in [-0.05, 0) is 17.5 Å². The molecular weight excluding hydrogens is 226 g/mol. The average Bonchev–Trinajstić information content (AvgIpc) is 2.66. The monoisotopic (exact) mass is 247 g/mol. The van der Waals surface area contributed by atoms with Gasteiger partial charge in [0.25, 0.3) is 0 Å². The van der Waals surface area contributed by atoms with Crippen LogP contribution in [0.1, 0.15) is 43.9 Å². The van der Waals surface area contributed by atoms with Crippen LogP contribution in [0.5, 0.6) is 0 Å². The molecule has 0 aliphatic heterocycles. The number of rotatable bonds is 4. The number of carbonyl (C=O) groups excluding carboxylic acids is 1. The lowest BCUT2D eigenvalue weighted by atomic mass is 10.0. The first-order valence-electron chi connectivity index (χ1n) is 6.69. The zero-order valence-corrected chi connectivity index (χ0v) is 11.0. The molecule has 18 heavy (non-hydrogen) atoms. The SMILES string of the molecule is CCCC(C)C(=O)NC1c2ccccc2CC1O. The summed E-state index contributed by atoms with van der Waals surface area (Å²) >= 11 is 0. The van der Waals surface area contributed by atoms with E-state index in [1.807, 2.05) is 31.2 Å². The normalized spacial score (nSPS) is 23.5. The summed E-state index contributed by atoms with van der Waals surface area (Å²) in [6, 6.07) is 7.68. The fraction of sp³-hybridized carbons (Fsp3) is 0.533. The highest BCUT2D eigenvalue weighted by Crippen LogP contribution is 2.31. The third kappa shape index (κ3) is 2.56. The molecule has 0 radical (unpaired) electrons. The quantitative estimate of drug-likeness (QED) is 0.857. The molecule has 0 saturated heterocycles. The Bertz CT molecular complexity index is 430. The minimum Gasteiger partial charge on any atom is -0.390 e. The van der Waals surface area contributed by atoms with Gasteiger partial charge in [-0.3, -0.25) is 4.79 Å². The average molecular weight is 247 g/mol. The smallest absolute Gasteiger partial charge is 0.223 e. The maximum absolute atomic E-state index is 12.0. The molecule has 3 nitrogen and oxygen atoms in total. The summed E-state index contributed by atoms with van der Waals surface area (Å²) < 4.78 is 0. The number of nitrogens with one attached hydrogen (secondary N) is 1. The largest absolute Gasteiger partial charge is 0.390 e. The van der Waals surface area contributed by atoms with Gasteiger partial charge < -0.3 is 10.4 Å². The highest BCUT2D eigenvalue weighted by atomic mass is 16.3. The molecule has 0 aromatic heterocycles. The third-order valence-electron chi connectivity index (χ3n) is 3.67. The van der Waals surface area contributed by atoms with Gasteiger partial charge in [0.05, 0.1) is 12.1 Å². The Morgan fingerprint density at radius 2 is 2.22 bits per heavy atom. The molecule has 1 aromatic rings. The van der Waals surface area contributed by atoms with Crippen LogP contribution in [0.4, 0.5) is 0 Å². The first-order valence-corrected chi connectivity index (χ1v) is 6.69. The van der Waals surface area contributed by atoms with Gasteiger partial charge in [-0.1, -0.05) is 44.5 Å². The highest BCUT2D eigenvalue weighted by Gasteiger charge is 2.32. The lowest BCUT2D eigenvalue weighted by Crippen LogP contribution is -2.37. The van der Waals surface area contributed by atoms with Gasteiger partial charge in [0.15, 0.2) is 0 Å². The van der Waals surface area contributed by atoms with Gasteiger partial charge in [-0.15, -0.1) is 0 Å². The van der Waals surface area contributed by atoms with Crippen LogP contribution in [0, 0.1) is 5.92 Å². The van der Waals surface area contributed by atoms with Crippen molar-refractivity contribution >= 4 is 5.91 Å². The van der Waals surface area contributed by atoms with Crippen molar-refractivity contribution in [1.82, 2.24) is 5.32 Å². The molecular formula is C15H21NO2. The van der Waals surface area contributed by atoms with Crippen molar-refractivity contribution in [2.75, 3.05) is 0 Å². The van der Waals surface area contributed by atoms with Crippen LogP contribution in [0.25, 0.3) is 0 Å². The lowest BCUT2D eigenvalue weighted by Gasteiger charge is -2.20. The first-order chi connectivity index (χ1) is 8.63. The molecule has 1 aliphatic carbocycles. The molecule has 2 rings (SSSR count). The van der Waals surface area contributed by atoms with Gasteiger partial charge in [-0.25, -0.2) is 0 Å². The maximum atomic E-state index is 12.0. The molecule has 3 unspecified atom stereocenters. The summed E-state index contributed by atoms with van der Waals surface area (Å²) in [6.45, 7) is 4.01. The topological polar surface area (TPSA) is 49.3 Å². The summed E-state index contributed by atoms with van der Waals surface area (Å²) in [4.78, 5) is 12.0. The van der Waals surface area contributed by atoms with E-state index in [-0.39, 0.29) is 17.9 Å². The van der Waals surface area contributed by atoms with E-state index >= 15 is 0 Å². The molecule has 0 fully saturated rings. The first kappa shape index (κ1) is 13.1. The molecule has 0 saturated carbocycles. The van der Waals surface area contributed by atoms with Crippen LogP contribution in [0.15, 0.2) is 24.3 Å². The molecule has 0 bridgehead atoms. The summed E-state index contributed by atoms with van der Waals surface area (Å²) in [5, 5.41) is 13.0. The minimum absolute atomic E-state index is 0.00922. The van der Waals surface area contributed by atoms with Gasteiger partial charge in [0.2, 0.25) is 5.91 Å². The van der Waals surface area contributed by atoms with Crippen LogP contribution < -0.4 is 5.32 Å². The molecule has 0 heterocycles. The Labute approximate surface area is 108 Å². The summed E-state index contributed by atoms with van der Waals surface area (Å²) in [5.41, 5.74) is 2.19. The van der Waals surface area contributed by atoms with Gasteiger partial charge in [0, 0.05) is 12.3 Å². The molecule has 1 aromatic carbocycles. The number of fused-ring (bicyclic) bond motifs is 1. The van der Waals surface area contributed by atoms with Crippen LogP contribution in [0.2, 0.25) is 0 Å². The van der Waals surface area contributed by atoms with Gasteiger partial charge in [-0.2, -0.15) is 0 Å². The minimum atomic E-state index is -0.500. The Morgan fingerprint density at radius 1 is 1.50 bits per heavy atom. The molecule has 3 atom stereocenters. The van der Waals surface area contributed by atoms with E-state index in [1.54, 1.807) is 0 Å². The Balaban J connectivity index is 2.08. The van der Waals surface area contributed by atoms with Crippen molar-refractivity contribution < 1.29 is 9.90 Å². The standard InChI is InChI=1S/C15H21NO2/c1-3-6-10(2)15(18)16-14-12-8-5-4-7-11(12)9-13(14)17/h4-5,7-8,10,13-14,17H,3,6,9H2,1-2H3,(H,16,18). The summed E-state index contributed by atoms with van der Waals surface area (Å²) in [5.74, 6) is 0.0487.